The lowest BCUT2D eigenvalue weighted by Crippen LogP contribution is -2.40. The summed E-state index contributed by atoms with van der Waals surface area (Å²) in [6.45, 7) is 3.84. The molecule has 0 bridgehead atoms. The van der Waals surface area contributed by atoms with E-state index in [-0.39, 0.29) is 6.42 Å². The van der Waals surface area contributed by atoms with Crippen molar-refractivity contribution in [1.29, 1.82) is 0 Å². The fourth-order valence-corrected chi connectivity index (χ4v) is 0.972. The lowest BCUT2D eigenvalue weighted by Gasteiger charge is -2.20. The summed E-state index contributed by atoms with van der Waals surface area (Å²) in [5.74, 6) is 0.322. The Morgan fingerprint density at radius 2 is 1.67 bits per heavy atom. The molecule has 0 aliphatic carbocycles. The highest BCUT2D eigenvalue weighted by Crippen LogP contribution is 2.24. The first-order valence-corrected chi connectivity index (χ1v) is 4.12. The van der Waals surface area contributed by atoms with Crippen molar-refractivity contribution in [3.05, 3.63) is 0 Å². The largest absolute Gasteiger partial charge is 0.403 e. The van der Waals surface area contributed by atoms with Crippen molar-refractivity contribution >= 4 is 0 Å². The van der Waals surface area contributed by atoms with Gasteiger partial charge in [-0.25, -0.2) is 0 Å². The molecule has 1 atom stereocenters. The minimum Gasteiger partial charge on any atom is -0.309 e. The van der Waals surface area contributed by atoms with Gasteiger partial charge in [0.25, 0.3) is 0 Å². The van der Waals surface area contributed by atoms with Gasteiger partial charge in [-0.3, -0.25) is 0 Å². The van der Waals surface area contributed by atoms with Gasteiger partial charge in [0.1, 0.15) is 6.04 Å². The molecule has 0 aliphatic rings. The molecule has 0 aliphatic heterocycles. The third-order valence-corrected chi connectivity index (χ3v) is 1.78. The summed E-state index contributed by atoms with van der Waals surface area (Å²) >= 11 is 0. The summed E-state index contributed by atoms with van der Waals surface area (Å²) in [5.41, 5.74) is 0. The van der Waals surface area contributed by atoms with Gasteiger partial charge in [0.05, 0.1) is 0 Å². The van der Waals surface area contributed by atoms with E-state index in [2.05, 4.69) is 5.32 Å². The molecule has 0 rings (SSSR count). The van der Waals surface area contributed by atoms with E-state index in [0.29, 0.717) is 12.3 Å². The molecule has 0 aromatic carbocycles. The standard InChI is InChI=1S/C8H16F3N/c1-6(2)4-5-7(12-3)8(9,10)11/h6-7,12H,4-5H2,1-3H3. The molecule has 0 aromatic heterocycles. The molecule has 1 nitrogen and oxygen atoms in total. The van der Waals surface area contributed by atoms with Gasteiger partial charge in [-0.2, -0.15) is 13.2 Å². The minimum atomic E-state index is -4.11. The van der Waals surface area contributed by atoms with E-state index >= 15 is 0 Å². The molecule has 74 valence electrons. The Balaban J connectivity index is 3.84. The van der Waals surface area contributed by atoms with Gasteiger partial charge in [-0.05, 0) is 25.8 Å². The van der Waals surface area contributed by atoms with Crippen LogP contribution in [-0.4, -0.2) is 19.3 Å². The average Bonchev–Trinajstić information content (AvgIpc) is 1.85. The number of alkyl halides is 3. The number of halogens is 3. The monoisotopic (exact) mass is 183 g/mol. The van der Waals surface area contributed by atoms with Crippen molar-refractivity contribution in [2.24, 2.45) is 5.92 Å². The predicted octanol–water partition coefficient (Wildman–Crippen LogP) is 2.57. The van der Waals surface area contributed by atoms with Gasteiger partial charge in [0.15, 0.2) is 0 Å². The average molecular weight is 183 g/mol. The van der Waals surface area contributed by atoms with Crippen LogP contribution < -0.4 is 5.32 Å². The van der Waals surface area contributed by atoms with Crippen LogP contribution in [0.2, 0.25) is 0 Å². The summed E-state index contributed by atoms with van der Waals surface area (Å²) in [7, 11) is 1.35. The summed E-state index contributed by atoms with van der Waals surface area (Å²) in [5, 5.41) is 2.27. The summed E-state index contributed by atoms with van der Waals surface area (Å²) < 4.78 is 36.3. The molecule has 0 saturated heterocycles. The molecule has 0 radical (unpaired) electrons. The van der Waals surface area contributed by atoms with Gasteiger partial charge in [-0.15, -0.1) is 0 Å². The van der Waals surface area contributed by atoms with E-state index in [9.17, 15) is 13.2 Å². The Labute approximate surface area is 71.3 Å². The highest BCUT2D eigenvalue weighted by molar-refractivity contribution is 4.73. The topological polar surface area (TPSA) is 12.0 Å². The molecule has 0 saturated carbocycles. The fraction of sp³-hybridized carbons (Fsp3) is 1.00. The molecule has 0 amide bonds. The van der Waals surface area contributed by atoms with Crippen molar-refractivity contribution < 1.29 is 13.2 Å². The van der Waals surface area contributed by atoms with Crippen LogP contribution in [0.5, 0.6) is 0 Å². The Hall–Kier alpha value is -0.250. The van der Waals surface area contributed by atoms with E-state index < -0.39 is 12.2 Å². The molecular formula is C8H16F3N. The number of hydrogen-bond acceptors (Lipinski definition) is 1. The van der Waals surface area contributed by atoms with Gasteiger partial charge >= 0.3 is 6.18 Å². The molecule has 0 fully saturated rings. The van der Waals surface area contributed by atoms with E-state index in [1.165, 1.54) is 7.05 Å². The molecule has 4 heteroatoms. The Bertz CT molecular complexity index is 120. The lowest BCUT2D eigenvalue weighted by atomic mass is 10.0. The number of rotatable bonds is 4. The van der Waals surface area contributed by atoms with Crippen LogP contribution in [0.1, 0.15) is 26.7 Å². The van der Waals surface area contributed by atoms with Crippen LogP contribution in [0, 0.1) is 5.92 Å². The first kappa shape index (κ1) is 11.8. The predicted molar refractivity (Wildman–Crippen MR) is 43.0 cm³/mol. The van der Waals surface area contributed by atoms with Crippen LogP contribution in [0.15, 0.2) is 0 Å². The smallest absolute Gasteiger partial charge is 0.309 e. The van der Waals surface area contributed by atoms with E-state index in [0.717, 1.165) is 0 Å². The van der Waals surface area contributed by atoms with Crippen LogP contribution in [0.3, 0.4) is 0 Å². The van der Waals surface area contributed by atoms with Crippen molar-refractivity contribution in [3.8, 4) is 0 Å². The molecular weight excluding hydrogens is 167 g/mol. The van der Waals surface area contributed by atoms with Gasteiger partial charge in [0, 0.05) is 0 Å². The Kier molecular flexibility index (Phi) is 4.60. The Morgan fingerprint density at radius 1 is 1.17 bits per heavy atom. The summed E-state index contributed by atoms with van der Waals surface area (Å²) in [6.07, 6.45) is -3.34. The first-order chi connectivity index (χ1) is 5.38. The molecule has 1 N–H and O–H groups in total. The molecule has 0 spiro atoms. The second kappa shape index (κ2) is 4.70. The number of nitrogens with one attached hydrogen (secondary N) is 1. The lowest BCUT2D eigenvalue weighted by molar-refractivity contribution is -0.156. The zero-order chi connectivity index (χ0) is 9.78. The van der Waals surface area contributed by atoms with Crippen molar-refractivity contribution in [2.45, 2.75) is 38.9 Å². The van der Waals surface area contributed by atoms with Gasteiger partial charge in [0.2, 0.25) is 0 Å². The van der Waals surface area contributed by atoms with Crippen molar-refractivity contribution in [1.82, 2.24) is 5.32 Å². The van der Waals surface area contributed by atoms with E-state index in [1.807, 2.05) is 13.8 Å². The van der Waals surface area contributed by atoms with Gasteiger partial charge in [-0.1, -0.05) is 13.8 Å². The van der Waals surface area contributed by atoms with E-state index in [4.69, 9.17) is 0 Å². The van der Waals surface area contributed by atoms with Crippen LogP contribution in [0.25, 0.3) is 0 Å². The highest BCUT2D eigenvalue weighted by atomic mass is 19.4. The van der Waals surface area contributed by atoms with Crippen LogP contribution >= 0.6 is 0 Å². The second-order valence-corrected chi connectivity index (χ2v) is 3.35. The SMILES string of the molecule is CNC(CCC(C)C)C(F)(F)F. The molecule has 1 unspecified atom stereocenters. The van der Waals surface area contributed by atoms with Crippen molar-refractivity contribution in [2.75, 3.05) is 7.05 Å². The van der Waals surface area contributed by atoms with Crippen LogP contribution in [-0.2, 0) is 0 Å². The Morgan fingerprint density at radius 3 is 1.92 bits per heavy atom. The molecule has 0 heterocycles. The fourth-order valence-electron chi connectivity index (χ4n) is 0.972. The maximum Gasteiger partial charge on any atom is 0.403 e. The van der Waals surface area contributed by atoms with Gasteiger partial charge < -0.3 is 5.32 Å². The zero-order valence-corrected chi connectivity index (χ0v) is 7.70. The normalized spacial score (nSPS) is 15.2. The third-order valence-electron chi connectivity index (χ3n) is 1.78. The first-order valence-electron chi connectivity index (χ1n) is 4.12. The minimum absolute atomic E-state index is 0.164. The maximum atomic E-state index is 12.1. The third kappa shape index (κ3) is 4.59. The highest BCUT2D eigenvalue weighted by Gasteiger charge is 2.37. The quantitative estimate of drug-likeness (QED) is 0.706. The summed E-state index contributed by atoms with van der Waals surface area (Å²) in [4.78, 5) is 0. The number of hydrogen-bond donors (Lipinski definition) is 1. The van der Waals surface area contributed by atoms with Crippen molar-refractivity contribution in [3.63, 3.8) is 0 Å². The summed E-state index contributed by atoms with van der Waals surface area (Å²) in [6, 6.07) is -1.35. The zero-order valence-electron chi connectivity index (χ0n) is 7.70. The molecule has 0 aromatic rings. The van der Waals surface area contributed by atoms with E-state index in [1.54, 1.807) is 0 Å². The second-order valence-electron chi connectivity index (χ2n) is 3.35. The molecule has 12 heavy (non-hydrogen) atoms. The maximum absolute atomic E-state index is 12.1. The van der Waals surface area contributed by atoms with Crippen LogP contribution in [0.4, 0.5) is 13.2 Å².